The third-order valence-electron chi connectivity index (χ3n) is 2.79. The van der Waals surface area contributed by atoms with E-state index in [4.69, 9.17) is 5.73 Å². The van der Waals surface area contributed by atoms with Gasteiger partial charge in [0.25, 0.3) is 5.91 Å². The summed E-state index contributed by atoms with van der Waals surface area (Å²) >= 11 is 3.37. The van der Waals surface area contributed by atoms with E-state index in [0.717, 1.165) is 17.3 Å². The molecule has 1 amide bonds. The smallest absolute Gasteiger partial charge is 0.252 e. The molecule has 0 aromatic heterocycles. The zero-order chi connectivity index (χ0) is 13.7. The molecule has 100 valence electrons. The maximum absolute atomic E-state index is 12.1. The van der Waals surface area contributed by atoms with Gasteiger partial charge in [0.2, 0.25) is 0 Å². The van der Waals surface area contributed by atoms with Gasteiger partial charge in [0.15, 0.2) is 0 Å². The number of rotatable bonds is 5. The first kappa shape index (κ1) is 15.0. The number of amides is 1. The highest BCUT2D eigenvalue weighted by Gasteiger charge is 2.13. The van der Waals surface area contributed by atoms with Crippen LogP contribution in [0.2, 0.25) is 0 Å². The highest BCUT2D eigenvalue weighted by molar-refractivity contribution is 9.10. The van der Waals surface area contributed by atoms with E-state index in [1.807, 2.05) is 6.92 Å². The maximum Gasteiger partial charge on any atom is 0.252 e. The van der Waals surface area contributed by atoms with E-state index in [0.29, 0.717) is 17.2 Å². The fourth-order valence-corrected chi connectivity index (χ4v) is 2.10. The molecule has 0 fully saturated rings. The number of hydrogen-bond acceptors (Lipinski definition) is 2. The van der Waals surface area contributed by atoms with Gasteiger partial charge in [-0.15, -0.1) is 0 Å². The third-order valence-corrected chi connectivity index (χ3v) is 3.48. The molecule has 0 aliphatic heterocycles. The Hall–Kier alpha value is -1.03. The van der Waals surface area contributed by atoms with Crippen LogP contribution in [-0.2, 0) is 0 Å². The first-order chi connectivity index (χ1) is 8.40. The summed E-state index contributed by atoms with van der Waals surface area (Å²) in [5, 5.41) is 3.00. The van der Waals surface area contributed by atoms with Gasteiger partial charge >= 0.3 is 0 Å². The Morgan fingerprint density at radius 2 is 2.00 bits per heavy atom. The lowest BCUT2D eigenvalue weighted by atomic mass is 10.0. The number of carbonyl (C=O) groups is 1. The lowest BCUT2D eigenvalue weighted by Gasteiger charge is -2.15. The van der Waals surface area contributed by atoms with Gasteiger partial charge in [-0.25, -0.2) is 0 Å². The van der Waals surface area contributed by atoms with Gasteiger partial charge in [0.1, 0.15) is 0 Å². The molecule has 0 aliphatic rings. The van der Waals surface area contributed by atoms with Crippen LogP contribution >= 0.6 is 15.9 Å². The van der Waals surface area contributed by atoms with Gasteiger partial charge in [0.05, 0.1) is 5.56 Å². The predicted octanol–water partition coefficient (Wildman–Crippen LogP) is 3.59. The Morgan fingerprint density at radius 3 is 2.61 bits per heavy atom. The summed E-state index contributed by atoms with van der Waals surface area (Å²) < 4.78 is 0.769. The third kappa shape index (κ3) is 4.69. The SMILES string of the molecule is CC(C)CCC(C)NC(=O)c1cc(N)ccc1Br. The zero-order valence-electron chi connectivity index (χ0n) is 11.2. The van der Waals surface area contributed by atoms with Crippen LogP contribution < -0.4 is 11.1 Å². The topological polar surface area (TPSA) is 55.1 Å². The Bertz CT molecular complexity index is 418. The van der Waals surface area contributed by atoms with Gasteiger partial charge < -0.3 is 11.1 Å². The molecule has 4 heteroatoms. The van der Waals surface area contributed by atoms with Crippen molar-refractivity contribution >= 4 is 27.5 Å². The summed E-state index contributed by atoms with van der Waals surface area (Å²) in [4.78, 5) is 12.1. The number of nitrogens with two attached hydrogens (primary N) is 1. The molecule has 1 unspecified atom stereocenters. The molecule has 3 N–H and O–H groups in total. The van der Waals surface area contributed by atoms with Crippen LogP contribution in [0.15, 0.2) is 22.7 Å². The van der Waals surface area contributed by atoms with Crippen molar-refractivity contribution in [2.45, 2.75) is 39.7 Å². The fourth-order valence-electron chi connectivity index (χ4n) is 1.67. The van der Waals surface area contributed by atoms with Crippen molar-refractivity contribution in [1.29, 1.82) is 0 Å². The van der Waals surface area contributed by atoms with E-state index >= 15 is 0 Å². The minimum atomic E-state index is -0.0783. The van der Waals surface area contributed by atoms with Crippen molar-refractivity contribution in [2.24, 2.45) is 5.92 Å². The number of halogens is 1. The predicted molar refractivity (Wildman–Crippen MR) is 79.6 cm³/mol. The van der Waals surface area contributed by atoms with Crippen LogP contribution in [0.3, 0.4) is 0 Å². The highest BCUT2D eigenvalue weighted by Crippen LogP contribution is 2.19. The quantitative estimate of drug-likeness (QED) is 0.816. The van der Waals surface area contributed by atoms with Gasteiger partial charge in [-0.1, -0.05) is 13.8 Å². The van der Waals surface area contributed by atoms with Crippen LogP contribution in [0, 0.1) is 5.92 Å². The van der Waals surface area contributed by atoms with E-state index < -0.39 is 0 Å². The average molecular weight is 313 g/mol. The van der Waals surface area contributed by atoms with Crippen molar-refractivity contribution < 1.29 is 4.79 Å². The molecule has 0 heterocycles. The van der Waals surface area contributed by atoms with Crippen LogP contribution in [0.4, 0.5) is 5.69 Å². The molecule has 3 nitrogen and oxygen atoms in total. The lowest BCUT2D eigenvalue weighted by molar-refractivity contribution is 0.0936. The van der Waals surface area contributed by atoms with Gasteiger partial charge in [-0.05, 0) is 59.8 Å². The number of carbonyl (C=O) groups excluding carboxylic acids is 1. The van der Waals surface area contributed by atoms with E-state index in [2.05, 4.69) is 35.1 Å². The summed E-state index contributed by atoms with van der Waals surface area (Å²) in [6.45, 7) is 6.40. The van der Waals surface area contributed by atoms with Crippen LogP contribution in [0.1, 0.15) is 44.0 Å². The Labute approximate surface area is 117 Å². The molecule has 0 aliphatic carbocycles. The van der Waals surface area contributed by atoms with Gasteiger partial charge in [-0.3, -0.25) is 4.79 Å². The summed E-state index contributed by atoms with van der Waals surface area (Å²) in [7, 11) is 0. The van der Waals surface area contributed by atoms with Crippen LogP contribution in [-0.4, -0.2) is 11.9 Å². The lowest BCUT2D eigenvalue weighted by Crippen LogP contribution is -2.33. The van der Waals surface area contributed by atoms with Crippen molar-refractivity contribution in [2.75, 3.05) is 5.73 Å². The zero-order valence-corrected chi connectivity index (χ0v) is 12.8. The Balaban J connectivity index is 2.62. The molecular formula is C14H21BrN2O. The maximum atomic E-state index is 12.1. The molecule has 1 rings (SSSR count). The minimum absolute atomic E-state index is 0.0783. The number of nitrogen functional groups attached to an aromatic ring is 1. The molecular weight excluding hydrogens is 292 g/mol. The summed E-state index contributed by atoms with van der Waals surface area (Å²) in [5.74, 6) is 0.578. The molecule has 0 spiro atoms. The number of benzene rings is 1. The van der Waals surface area contributed by atoms with Crippen molar-refractivity contribution in [3.8, 4) is 0 Å². The molecule has 0 saturated heterocycles. The summed E-state index contributed by atoms with van der Waals surface area (Å²) in [6, 6.07) is 5.42. The van der Waals surface area contributed by atoms with Crippen molar-refractivity contribution in [3.05, 3.63) is 28.2 Å². The monoisotopic (exact) mass is 312 g/mol. The normalized spacial score (nSPS) is 12.5. The minimum Gasteiger partial charge on any atom is -0.399 e. The first-order valence-electron chi connectivity index (χ1n) is 6.26. The average Bonchev–Trinajstić information content (AvgIpc) is 2.29. The Morgan fingerprint density at radius 1 is 1.33 bits per heavy atom. The van der Waals surface area contributed by atoms with E-state index in [1.54, 1.807) is 18.2 Å². The Kier molecular flexibility index (Phi) is 5.66. The summed E-state index contributed by atoms with van der Waals surface area (Å²) in [5.41, 5.74) is 6.88. The molecule has 18 heavy (non-hydrogen) atoms. The molecule has 1 aromatic carbocycles. The second-order valence-corrected chi connectivity index (χ2v) is 5.94. The van der Waals surface area contributed by atoms with E-state index in [9.17, 15) is 4.79 Å². The molecule has 0 radical (unpaired) electrons. The first-order valence-corrected chi connectivity index (χ1v) is 7.05. The fraction of sp³-hybridized carbons (Fsp3) is 0.500. The molecule has 0 bridgehead atoms. The highest BCUT2D eigenvalue weighted by atomic mass is 79.9. The van der Waals surface area contributed by atoms with E-state index in [-0.39, 0.29) is 11.9 Å². The summed E-state index contributed by atoms with van der Waals surface area (Å²) in [6.07, 6.45) is 2.10. The van der Waals surface area contributed by atoms with Crippen molar-refractivity contribution in [1.82, 2.24) is 5.32 Å². The number of hydrogen-bond donors (Lipinski definition) is 2. The standard InChI is InChI=1S/C14H21BrN2O/c1-9(2)4-5-10(3)17-14(18)12-8-11(16)6-7-13(12)15/h6-10H,4-5,16H2,1-3H3,(H,17,18). The van der Waals surface area contributed by atoms with Gasteiger partial charge in [0, 0.05) is 16.2 Å². The van der Waals surface area contributed by atoms with E-state index in [1.165, 1.54) is 0 Å². The second-order valence-electron chi connectivity index (χ2n) is 5.08. The number of nitrogens with one attached hydrogen (secondary N) is 1. The van der Waals surface area contributed by atoms with Crippen LogP contribution in [0.25, 0.3) is 0 Å². The second kappa shape index (κ2) is 6.78. The molecule has 1 aromatic rings. The largest absolute Gasteiger partial charge is 0.399 e. The molecule has 1 atom stereocenters. The number of anilines is 1. The van der Waals surface area contributed by atoms with Gasteiger partial charge in [-0.2, -0.15) is 0 Å². The van der Waals surface area contributed by atoms with Crippen LogP contribution in [0.5, 0.6) is 0 Å². The van der Waals surface area contributed by atoms with Crippen molar-refractivity contribution in [3.63, 3.8) is 0 Å². The molecule has 0 saturated carbocycles.